The molecule has 0 fully saturated rings. The lowest BCUT2D eigenvalue weighted by Gasteiger charge is -2.11. The van der Waals surface area contributed by atoms with Gasteiger partial charge in [-0.25, -0.2) is 4.79 Å². The molecule has 0 aliphatic rings. The molecule has 0 atom stereocenters. The van der Waals surface area contributed by atoms with E-state index < -0.39 is 5.97 Å². The summed E-state index contributed by atoms with van der Waals surface area (Å²) < 4.78 is 0. The SMILES string of the molecule is O=C(O)c1ccc([O-])cc1-c1ccccc1. The van der Waals surface area contributed by atoms with Crippen LogP contribution in [0.1, 0.15) is 10.4 Å². The van der Waals surface area contributed by atoms with Gasteiger partial charge in [0.15, 0.2) is 0 Å². The van der Waals surface area contributed by atoms with Gasteiger partial charge in [-0.15, -0.1) is 5.75 Å². The predicted octanol–water partition coefficient (Wildman–Crippen LogP) is 2.13. The lowest BCUT2D eigenvalue weighted by Crippen LogP contribution is -2.01. The molecule has 2 aromatic rings. The Morgan fingerprint density at radius 2 is 1.75 bits per heavy atom. The van der Waals surface area contributed by atoms with Crippen LogP contribution in [0.3, 0.4) is 0 Å². The summed E-state index contributed by atoms with van der Waals surface area (Å²) in [6.45, 7) is 0. The van der Waals surface area contributed by atoms with E-state index in [0.717, 1.165) is 5.56 Å². The molecule has 2 aromatic carbocycles. The highest BCUT2D eigenvalue weighted by Crippen LogP contribution is 2.26. The van der Waals surface area contributed by atoms with E-state index in [1.807, 2.05) is 6.07 Å². The van der Waals surface area contributed by atoms with Gasteiger partial charge < -0.3 is 10.2 Å². The molecule has 80 valence electrons. The summed E-state index contributed by atoms with van der Waals surface area (Å²) in [4.78, 5) is 11.0. The Balaban J connectivity index is 2.63. The number of aromatic carboxylic acids is 1. The van der Waals surface area contributed by atoms with Gasteiger partial charge in [0.1, 0.15) is 0 Å². The van der Waals surface area contributed by atoms with Crippen molar-refractivity contribution < 1.29 is 15.0 Å². The zero-order valence-corrected chi connectivity index (χ0v) is 8.38. The first-order valence-corrected chi connectivity index (χ1v) is 4.78. The van der Waals surface area contributed by atoms with Crippen LogP contribution in [0.25, 0.3) is 11.1 Å². The molecule has 16 heavy (non-hydrogen) atoms. The summed E-state index contributed by atoms with van der Waals surface area (Å²) in [5.74, 6) is -1.22. The van der Waals surface area contributed by atoms with Crippen molar-refractivity contribution in [3.63, 3.8) is 0 Å². The molecular formula is C13H9O3-. The number of benzene rings is 2. The van der Waals surface area contributed by atoms with Crippen molar-refractivity contribution in [2.24, 2.45) is 0 Å². The largest absolute Gasteiger partial charge is 0.872 e. The second kappa shape index (κ2) is 4.06. The Kier molecular flexibility index (Phi) is 2.60. The maximum Gasteiger partial charge on any atom is 0.336 e. The number of hydrogen-bond donors (Lipinski definition) is 1. The van der Waals surface area contributed by atoms with Gasteiger partial charge in [0.05, 0.1) is 5.56 Å². The third kappa shape index (κ3) is 1.88. The molecule has 0 aliphatic carbocycles. The molecule has 0 heterocycles. The number of hydrogen-bond acceptors (Lipinski definition) is 2. The van der Waals surface area contributed by atoms with Crippen molar-refractivity contribution in [3.8, 4) is 16.9 Å². The molecule has 0 saturated carbocycles. The maximum atomic E-state index is 11.2. The number of carboxylic acid groups (broad SMARTS) is 1. The van der Waals surface area contributed by atoms with E-state index in [1.54, 1.807) is 24.3 Å². The first kappa shape index (κ1) is 10.2. The second-order valence-electron chi connectivity index (χ2n) is 3.38. The van der Waals surface area contributed by atoms with Gasteiger partial charge in [-0.3, -0.25) is 0 Å². The molecule has 0 aliphatic heterocycles. The lowest BCUT2D eigenvalue weighted by molar-refractivity contribution is -0.268. The topological polar surface area (TPSA) is 60.4 Å². The van der Waals surface area contributed by atoms with E-state index in [0.29, 0.717) is 5.56 Å². The average Bonchev–Trinajstić information content (AvgIpc) is 2.29. The van der Waals surface area contributed by atoms with E-state index in [1.165, 1.54) is 18.2 Å². The van der Waals surface area contributed by atoms with Crippen LogP contribution in [0.5, 0.6) is 5.75 Å². The average molecular weight is 213 g/mol. The van der Waals surface area contributed by atoms with Crippen LogP contribution in [0.15, 0.2) is 48.5 Å². The van der Waals surface area contributed by atoms with Crippen LogP contribution in [-0.4, -0.2) is 11.1 Å². The van der Waals surface area contributed by atoms with E-state index in [-0.39, 0.29) is 11.3 Å². The smallest absolute Gasteiger partial charge is 0.336 e. The minimum Gasteiger partial charge on any atom is -0.872 e. The van der Waals surface area contributed by atoms with Crippen molar-refractivity contribution in [2.75, 3.05) is 0 Å². The second-order valence-corrected chi connectivity index (χ2v) is 3.38. The Labute approximate surface area is 92.6 Å². The number of carbonyl (C=O) groups is 1. The Morgan fingerprint density at radius 1 is 1.06 bits per heavy atom. The highest BCUT2D eigenvalue weighted by Gasteiger charge is 2.10. The summed E-state index contributed by atoms with van der Waals surface area (Å²) in [6, 6.07) is 13.0. The molecule has 0 bridgehead atoms. The molecule has 3 heteroatoms. The van der Waals surface area contributed by atoms with Gasteiger partial charge in [-0.2, -0.15) is 0 Å². The van der Waals surface area contributed by atoms with Crippen LogP contribution in [0, 0.1) is 0 Å². The minimum atomic E-state index is -1.03. The number of carboxylic acids is 1. The van der Waals surface area contributed by atoms with Crippen LogP contribution in [0.2, 0.25) is 0 Å². The fourth-order valence-corrected chi connectivity index (χ4v) is 1.57. The van der Waals surface area contributed by atoms with Crippen molar-refractivity contribution in [2.45, 2.75) is 0 Å². The Morgan fingerprint density at radius 3 is 2.38 bits per heavy atom. The van der Waals surface area contributed by atoms with Crippen molar-refractivity contribution in [1.82, 2.24) is 0 Å². The molecule has 0 saturated heterocycles. The summed E-state index contributed by atoms with van der Waals surface area (Å²) in [6.07, 6.45) is 0. The van der Waals surface area contributed by atoms with Gasteiger partial charge in [0, 0.05) is 0 Å². The van der Waals surface area contributed by atoms with Crippen molar-refractivity contribution in [1.29, 1.82) is 0 Å². The molecule has 0 aromatic heterocycles. The van der Waals surface area contributed by atoms with Crippen LogP contribution in [-0.2, 0) is 0 Å². The highest BCUT2D eigenvalue weighted by molar-refractivity contribution is 5.96. The first-order valence-electron chi connectivity index (χ1n) is 4.78. The predicted molar refractivity (Wildman–Crippen MR) is 58.3 cm³/mol. The minimum absolute atomic E-state index is 0.144. The third-order valence-corrected chi connectivity index (χ3v) is 2.31. The van der Waals surface area contributed by atoms with Gasteiger partial charge >= 0.3 is 5.97 Å². The molecule has 2 rings (SSSR count). The van der Waals surface area contributed by atoms with E-state index >= 15 is 0 Å². The van der Waals surface area contributed by atoms with Crippen molar-refractivity contribution in [3.05, 3.63) is 54.1 Å². The fraction of sp³-hybridized carbons (Fsp3) is 0. The molecule has 3 nitrogen and oxygen atoms in total. The summed E-state index contributed by atoms with van der Waals surface area (Å²) in [5.41, 5.74) is 1.34. The molecule has 0 unspecified atom stereocenters. The van der Waals surface area contributed by atoms with Gasteiger partial charge in [-0.1, -0.05) is 42.5 Å². The quantitative estimate of drug-likeness (QED) is 0.831. The van der Waals surface area contributed by atoms with Crippen molar-refractivity contribution >= 4 is 5.97 Å². The van der Waals surface area contributed by atoms with Crippen LogP contribution < -0.4 is 5.11 Å². The Bertz CT molecular complexity index is 518. The standard InChI is InChI=1S/C13H10O3/c14-10-6-7-11(13(15)16)12(8-10)9-4-2-1-3-5-9/h1-8,14H,(H,15,16)/p-1. The van der Waals surface area contributed by atoms with Gasteiger partial charge in [0.25, 0.3) is 0 Å². The normalized spacial score (nSPS) is 10.0. The third-order valence-electron chi connectivity index (χ3n) is 2.31. The van der Waals surface area contributed by atoms with Gasteiger partial charge in [0.2, 0.25) is 0 Å². The maximum absolute atomic E-state index is 11.2. The zero-order valence-electron chi connectivity index (χ0n) is 8.38. The van der Waals surface area contributed by atoms with Gasteiger partial charge in [-0.05, 0) is 17.2 Å². The molecule has 0 radical (unpaired) electrons. The zero-order chi connectivity index (χ0) is 11.5. The summed E-state index contributed by atoms with van der Waals surface area (Å²) in [5, 5.41) is 20.3. The van der Waals surface area contributed by atoms with E-state index in [4.69, 9.17) is 5.11 Å². The molecule has 0 spiro atoms. The van der Waals surface area contributed by atoms with Crippen LogP contribution in [0.4, 0.5) is 0 Å². The van der Waals surface area contributed by atoms with E-state index in [2.05, 4.69) is 0 Å². The molecule has 0 amide bonds. The summed E-state index contributed by atoms with van der Waals surface area (Å²) in [7, 11) is 0. The Hall–Kier alpha value is -2.29. The monoisotopic (exact) mass is 213 g/mol. The van der Waals surface area contributed by atoms with E-state index in [9.17, 15) is 9.90 Å². The fourth-order valence-electron chi connectivity index (χ4n) is 1.57. The number of rotatable bonds is 2. The summed E-state index contributed by atoms with van der Waals surface area (Å²) >= 11 is 0. The first-order chi connectivity index (χ1) is 7.68. The highest BCUT2D eigenvalue weighted by atomic mass is 16.4. The lowest BCUT2D eigenvalue weighted by atomic mass is 9.99. The molecular weight excluding hydrogens is 204 g/mol. The van der Waals surface area contributed by atoms with Crippen LogP contribution >= 0.6 is 0 Å². The molecule has 1 N–H and O–H groups in total.